The number of H-pyrrole nitrogens is 1. The molecule has 0 bridgehead atoms. The third-order valence-corrected chi connectivity index (χ3v) is 5.96. The van der Waals surface area contributed by atoms with Gasteiger partial charge in [0.15, 0.2) is 0 Å². The van der Waals surface area contributed by atoms with Crippen LogP contribution in [0.4, 0.5) is 10.5 Å². The van der Waals surface area contributed by atoms with E-state index in [1.807, 2.05) is 30.5 Å². The van der Waals surface area contributed by atoms with Crippen molar-refractivity contribution in [1.29, 1.82) is 0 Å². The predicted molar refractivity (Wildman–Crippen MR) is 120 cm³/mol. The molecule has 1 aliphatic heterocycles. The molecule has 1 aromatic carbocycles. The van der Waals surface area contributed by atoms with Gasteiger partial charge in [0, 0.05) is 31.9 Å². The summed E-state index contributed by atoms with van der Waals surface area (Å²) in [6, 6.07) is 7.11. The van der Waals surface area contributed by atoms with E-state index in [9.17, 15) is 9.59 Å². The Balaban J connectivity index is 1.65. The van der Waals surface area contributed by atoms with E-state index < -0.39 is 0 Å². The molecular weight excluding hydrogens is 402 g/mol. The van der Waals surface area contributed by atoms with Gasteiger partial charge in [0.05, 0.1) is 17.7 Å². The van der Waals surface area contributed by atoms with Gasteiger partial charge in [-0.05, 0) is 43.1 Å². The van der Waals surface area contributed by atoms with E-state index in [0.717, 1.165) is 19.5 Å². The van der Waals surface area contributed by atoms with Crippen LogP contribution in [0.3, 0.4) is 0 Å². The van der Waals surface area contributed by atoms with Gasteiger partial charge in [-0.25, -0.2) is 9.78 Å². The summed E-state index contributed by atoms with van der Waals surface area (Å²) in [5, 5.41) is 4.81. The minimum Gasteiger partial charge on any atom is -0.493 e. The van der Waals surface area contributed by atoms with Crippen molar-refractivity contribution in [3.8, 4) is 17.1 Å². The van der Waals surface area contributed by atoms with Crippen LogP contribution >= 0.6 is 11.3 Å². The summed E-state index contributed by atoms with van der Waals surface area (Å²) < 4.78 is 6.47. The topological polar surface area (TPSA) is 90.6 Å². The van der Waals surface area contributed by atoms with Crippen LogP contribution < -0.4 is 15.6 Å². The number of carbonyl (C=O) groups is 1. The van der Waals surface area contributed by atoms with Gasteiger partial charge in [-0.2, -0.15) is 0 Å². The highest BCUT2D eigenvalue weighted by molar-refractivity contribution is 7.17. The number of nitrogens with one attached hydrogen (secondary N) is 2. The number of carbonyl (C=O) groups excluding carboxylic acids is 1. The Labute approximate surface area is 178 Å². The van der Waals surface area contributed by atoms with E-state index in [4.69, 9.17) is 4.74 Å². The van der Waals surface area contributed by atoms with Gasteiger partial charge in [0.2, 0.25) is 0 Å². The van der Waals surface area contributed by atoms with Gasteiger partial charge >= 0.3 is 6.03 Å². The van der Waals surface area contributed by atoms with Crippen LogP contribution in [0, 0.1) is 0 Å². The normalized spacial score (nSPS) is 14.8. The van der Waals surface area contributed by atoms with Crippen molar-refractivity contribution in [2.45, 2.75) is 13.3 Å². The second kappa shape index (κ2) is 8.85. The number of aromatic amines is 1. The van der Waals surface area contributed by atoms with Crippen molar-refractivity contribution in [3.63, 3.8) is 0 Å². The smallest absolute Gasteiger partial charge is 0.321 e. The molecule has 158 valence electrons. The Morgan fingerprint density at radius 1 is 1.27 bits per heavy atom. The SMILES string of the molecule is CCCOc1ccc(NC(=O)N2CCN(C)CC2)cc1-c1nc2ccsc2c(=O)[nH]1. The largest absolute Gasteiger partial charge is 0.493 e. The predicted octanol–water partition coefficient (Wildman–Crippen LogP) is 3.22. The second-order valence-corrected chi connectivity index (χ2v) is 8.25. The summed E-state index contributed by atoms with van der Waals surface area (Å²) in [6.07, 6.45) is 0.856. The van der Waals surface area contributed by atoms with E-state index in [1.165, 1.54) is 11.3 Å². The van der Waals surface area contributed by atoms with Crippen molar-refractivity contribution in [1.82, 2.24) is 19.8 Å². The number of thiophene rings is 1. The van der Waals surface area contributed by atoms with Crippen LogP contribution in [0.25, 0.3) is 21.6 Å². The first-order valence-corrected chi connectivity index (χ1v) is 10.9. The summed E-state index contributed by atoms with van der Waals surface area (Å²) >= 11 is 1.36. The third kappa shape index (κ3) is 4.31. The van der Waals surface area contributed by atoms with E-state index >= 15 is 0 Å². The number of aromatic nitrogens is 2. The second-order valence-electron chi connectivity index (χ2n) is 7.33. The van der Waals surface area contributed by atoms with E-state index in [1.54, 1.807) is 11.0 Å². The fourth-order valence-electron chi connectivity index (χ4n) is 3.34. The van der Waals surface area contributed by atoms with Crippen LogP contribution in [0.1, 0.15) is 13.3 Å². The summed E-state index contributed by atoms with van der Waals surface area (Å²) in [7, 11) is 2.05. The number of piperazine rings is 1. The molecule has 3 aromatic rings. The lowest BCUT2D eigenvalue weighted by atomic mass is 10.1. The molecule has 1 saturated heterocycles. The standard InChI is InChI=1S/C21H25N5O3S/c1-3-11-29-17-5-4-14(22-21(28)26-9-7-25(2)8-10-26)13-15(17)19-23-16-6-12-30-18(16)20(27)24-19/h4-6,12-13H,3,7-11H2,1-2H3,(H,22,28)(H,23,24,27). The van der Waals surface area contributed by atoms with Crippen LogP contribution in [0.2, 0.25) is 0 Å². The van der Waals surface area contributed by atoms with Gasteiger partial charge in [-0.15, -0.1) is 11.3 Å². The third-order valence-electron chi connectivity index (χ3n) is 5.05. The number of rotatable bonds is 5. The summed E-state index contributed by atoms with van der Waals surface area (Å²) in [4.78, 5) is 36.6. The molecule has 1 aliphatic rings. The fraction of sp³-hybridized carbons (Fsp3) is 0.381. The number of anilines is 1. The summed E-state index contributed by atoms with van der Waals surface area (Å²) in [5.41, 5.74) is 1.74. The molecule has 30 heavy (non-hydrogen) atoms. The van der Waals surface area contributed by atoms with Crippen LogP contribution in [-0.2, 0) is 0 Å². The molecular formula is C21H25N5O3S. The molecule has 8 nitrogen and oxygen atoms in total. The first kappa shape index (κ1) is 20.4. The molecule has 3 heterocycles. The Bertz CT molecular complexity index is 1100. The molecule has 4 rings (SSSR count). The maximum atomic E-state index is 12.7. The van der Waals surface area contributed by atoms with Crippen LogP contribution in [-0.4, -0.2) is 65.6 Å². The highest BCUT2D eigenvalue weighted by atomic mass is 32.1. The Morgan fingerprint density at radius 3 is 2.83 bits per heavy atom. The van der Waals surface area contributed by atoms with Crippen LogP contribution in [0.5, 0.6) is 5.75 Å². The lowest BCUT2D eigenvalue weighted by molar-refractivity contribution is 0.164. The number of amides is 2. The minimum atomic E-state index is -0.182. The molecule has 0 radical (unpaired) electrons. The average Bonchev–Trinajstić information content (AvgIpc) is 3.22. The van der Waals surface area contributed by atoms with E-state index in [-0.39, 0.29) is 11.6 Å². The average molecular weight is 428 g/mol. The molecule has 1 fully saturated rings. The lowest BCUT2D eigenvalue weighted by Crippen LogP contribution is -2.48. The first-order valence-electron chi connectivity index (χ1n) is 10.0. The van der Waals surface area contributed by atoms with Crippen molar-refractivity contribution >= 4 is 33.3 Å². The van der Waals surface area contributed by atoms with E-state index in [2.05, 4.69) is 27.2 Å². The number of fused-ring (bicyclic) bond motifs is 1. The molecule has 0 atom stereocenters. The number of hydrogen-bond acceptors (Lipinski definition) is 6. The number of likely N-dealkylation sites (N-methyl/N-ethyl adjacent to an activating group) is 1. The summed E-state index contributed by atoms with van der Waals surface area (Å²) in [6.45, 7) is 5.67. The maximum absolute atomic E-state index is 12.7. The Kier molecular flexibility index (Phi) is 6.01. The van der Waals surface area contributed by atoms with Gasteiger partial charge < -0.3 is 24.8 Å². The molecule has 2 aromatic heterocycles. The minimum absolute atomic E-state index is 0.133. The van der Waals surface area contributed by atoms with Crippen molar-refractivity contribution in [2.75, 3.05) is 45.2 Å². The number of benzene rings is 1. The van der Waals surface area contributed by atoms with Crippen molar-refractivity contribution in [2.24, 2.45) is 0 Å². The zero-order valence-electron chi connectivity index (χ0n) is 17.1. The zero-order valence-corrected chi connectivity index (χ0v) is 17.9. The molecule has 2 N–H and O–H groups in total. The fourth-order valence-corrected chi connectivity index (χ4v) is 4.07. The van der Waals surface area contributed by atoms with Crippen molar-refractivity contribution in [3.05, 3.63) is 40.0 Å². The first-order chi connectivity index (χ1) is 14.5. The summed E-state index contributed by atoms with van der Waals surface area (Å²) in [5.74, 6) is 1.04. The number of urea groups is 1. The molecule has 0 spiro atoms. The van der Waals surface area contributed by atoms with Gasteiger partial charge in [-0.1, -0.05) is 6.92 Å². The van der Waals surface area contributed by atoms with Gasteiger partial charge in [-0.3, -0.25) is 4.79 Å². The number of ether oxygens (including phenoxy) is 1. The molecule has 0 unspecified atom stereocenters. The monoisotopic (exact) mass is 427 g/mol. The Hall–Kier alpha value is -2.91. The molecule has 2 amide bonds. The molecule has 0 saturated carbocycles. The quantitative estimate of drug-likeness (QED) is 0.653. The maximum Gasteiger partial charge on any atom is 0.321 e. The molecule has 9 heteroatoms. The van der Waals surface area contributed by atoms with E-state index in [0.29, 0.717) is 52.7 Å². The lowest BCUT2D eigenvalue weighted by Gasteiger charge is -2.32. The number of hydrogen-bond donors (Lipinski definition) is 2. The number of nitrogens with zero attached hydrogens (tertiary/aromatic N) is 3. The van der Waals surface area contributed by atoms with Crippen molar-refractivity contribution < 1.29 is 9.53 Å². The van der Waals surface area contributed by atoms with Crippen LogP contribution in [0.15, 0.2) is 34.4 Å². The highest BCUT2D eigenvalue weighted by Crippen LogP contribution is 2.31. The van der Waals surface area contributed by atoms with Gasteiger partial charge in [0.1, 0.15) is 16.3 Å². The Morgan fingerprint density at radius 2 is 2.07 bits per heavy atom. The molecule has 0 aliphatic carbocycles. The van der Waals surface area contributed by atoms with Gasteiger partial charge in [0.25, 0.3) is 5.56 Å². The highest BCUT2D eigenvalue weighted by Gasteiger charge is 2.20. The zero-order chi connectivity index (χ0) is 21.1.